The Kier molecular flexibility index (Phi) is 9.62. The van der Waals surface area contributed by atoms with Crippen LogP contribution in [0.3, 0.4) is 0 Å². The van der Waals surface area contributed by atoms with Crippen molar-refractivity contribution in [2.24, 2.45) is 5.92 Å². The summed E-state index contributed by atoms with van der Waals surface area (Å²) in [6.07, 6.45) is 5.43. The van der Waals surface area contributed by atoms with E-state index >= 15 is 0 Å². The van der Waals surface area contributed by atoms with E-state index in [-0.39, 0.29) is 1.43 Å². The SMILES string of the molecule is Cc1ccc(C#Cc2ccc(C)cc2)cc1.Cc1ccc(C#Cc2ccc(C3CCC(C)CC3)cc2)cc1.[HH]. The summed E-state index contributed by atoms with van der Waals surface area (Å²) in [6.45, 7) is 8.64. The summed E-state index contributed by atoms with van der Waals surface area (Å²) in [5.41, 5.74) is 9.60. The molecule has 0 heterocycles. The second kappa shape index (κ2) is 13.5. The maximum absolute atomic E-state index is 3.27. The van der Waals surface area contributed by atoms with Gasteiger partial charge >= 0.3 is 0 Å². The van der Waals surface area contributed by atoms with Gasteiger partial charge in [-0.2, -0.15) is 0 Å². The van der Waals surface area contributed by atoms with E-state index in [4.69, 9.17) is 0 Å². The van der Waals surface area contributed by atoms with Crippen LogP contribution in [0, 0.1) is 50.4 Å². The second-order valence-corrected chi connectivity index (χ2v) is 10.7. The largest absolute Gasteiger partial charge is 0.0625 e. The molecule has 192 valence electrons. The molecule has 4 aromatic carbocycles. The Bertz CT molecular complexity index is 1360. The summed E-state index contributed by atoms with van der Waals surface area (Å²) in [6, 6.07) is 33.8. The van der Waals surface area contributed by atoms with Crippen LogP contribution in [0.2, 0.25) is 0 Å². The lowest BCUT2D eigenvalue weighted by atomic mass is 9.79. The fraction of sp³-hybridized carbons (Fsp3) is 0.263. The van der Waals surface area contributed by atoms with E-state index in [1.54, 1.807) is 0 Å². The van der Waals surface area contributed by atoms with Crippen LogP contribution in [0.4, 0.5) is 0 Å². The smallest absolute Gasteiger partial charge is 0.0249 e. The molecule has 0 aromatic heterocycles. The first-order chi connectivity index (χ1) is 18.4. The predicted molar refractivity (Wildman–Crippen MR) is 164 cm³/mol. The molecular weight excluding hydrogens is 456 g/mol. The number of hydrogen-bond acceptors (Lipinski definition) is 0. The third kappa shape index (κ3) is 8.54. The Morgan fingerprint density at radius 3 is 1.05 bits per heavy atom. The summed E-state index contributed by atoms with van der Waals surface area (Å²) < 4.78 is 0. The number of rotatable bonds is 1. The topological polar surface area (TPSA) is 0 Å². The lowest BCUT2D eigenvalue weighted by molar-refractivity contribution is 0.348. The highest BCUT2D eigenvalue weighted by molar-refractivity contribution is 5.45. The molecule has 0 saturated heterocycles. The van der Waals surface area contributed by atoms with Crippen LogP contribution in [-0.4, -0.2) is 0 Å². The van der Waals surface area contributed by atoms with E-state index in [1.165, 1.54) is 47.9 Å². The third-order valence-electron chi connectivity index (χ3n) is 7.25. The van der Waals surface area contributed by atoms with Crippen molar-refractivity contribution in [1.29, 1.82) is 0 Å². The molecular formula is C38H40. The van der Waals surface area contributed by atoms with Crippen LogP contribution in [0.5, 0.6) is 0 Å². The zero-order valence-electron chi connectivity index (χ0n) is 23.2. The lowest BCUT2D eigenvalue weighted by Crippen LogP contribution is -2.10. The van der Waals surface area contributed by atoms with Crippen molar-refractivity contribution in [2.75, 3.05) is 0 Å². The van der Waals surface area contributed by atoms with Crippen molar-refractivity contribution in [3.05, 3.63) is 142 Å². The summed E-state index contributed by atoms with van der Waals surface area (Å²) in [5, 5.41) is 0. The quantitative estimate of drug-likeness (QED) is 0.230. The van der Waals surface area contributed by atoms with E-state index in [0.717, 1.165) is 34.1 Å². The molecule has 0 N–H and O–H groups in total. The predicted octanol–water partition coefficient (Wildman–Crippen LogP) is 9.64. The van der Waals surface area contributed by atoms with Crippen LogP contribution in [0.25, 0.3) is 0 Å². The zero-order valence-corrected chi connectivity index (χ0v) is 23.2. The monoisotopic (exact) mass is 496 g/mol. The molecule has 0 aliphatic heterocycles. The van der Waals surface area contributed by atoms with Gasteiger partial charge in [0.1, 0.15) is 0 Å². The normalized spacial score (nSPS) is 16.1. The van der Waals surface area contributed by atoms with Gasteiger partial charge in [-0.15, -0.1) is 0 Å². The van der Waals surface area contributed by atoms with E-state index < -0.39 is 0 Å². The molecule has 0 atom stereocenters. The molecule has 0 nitrogen and oxygen atoms in total. The van der Waals surface area contributed by atoms with Gasteiger partial charge in [0.05, 0.1) is 0 Å². The van der Waals surface area contributed by atoms with Crippen molar-refractivity contribution in [3.63, 3.8) is 0 Å². The first-order valence-electron chi connectivity index (χ1n) is 13.8. The maximum atomic E-state index is 3.27. The fourth-order valence-electron chi connectivity index (χ4n) is 4.63. The minimum absolute atomic E-state index is 0. The molecule has 0 unspecified atom stereocenters. The van der Waals surface area contributed by atoms with E-state index in [0.29, 0.717) is 0 Å². The van der Waals surface area contributed by atoms with Crippen molar-refractivity contribution in [3.8, 4) is 23.7 Å². The zero-order chi connectivity index (χ0) is 26.7. The van der Waals surface area contributed by atoms with Gasteiger partial charge < -0.3 is 0 Å². The Morgan fingerprint density at radius 1 is 0.447 bits per heavy atom. The Morgan fingerprint density at radius 2 is 0.737 bits per heavy atom. The van der Waals surface area contributed by atoms with Crippen molar-refractivity contribution in [1.82, 2.24) is 0 Å². The Balaban J connectivity index is 0.000000220. The van der Waals surface area contributed by atoms with E-state index in [9.17, 15) is 0 Å². The van der Waals surface area contributed by atoms with Gasteiger partial charge in [0.2, 0.25) is 0 Å². The first-order valence-corrected chi connectivity index (χ1v) is 13.8. The summed E-state index contributed by atoms with van der Waals surface area (Å²) in [7, 11) is 0. The van der Waals surface area contributed by atoms with Gasteiger partial charge in [-0.1, -0.05) is 109 Å². The van der Waals surface area contributed by atoms with Crippen LogP contribution in [-0.2, 0) is 0 Å². The van der Waals surface area contributed by atoms with Crippen molar-refractivity contribution >= 4 is 0 Å². The number of aryl methyl sites for hydroxylation is 3. The standard InChI is InChI=1S/C22H24.C16H14.H2/c1-17-3-7-19(8-4-17)9-10-20-11-15-22(16-12-20)21-13-5-18(2)6-14-21;1-13-3-7-15(8-4-13)11-12-16-9-5-14(2)6-10-16;/h3-4,7-8,11-12,15-16,18,21H,5-6,13-14H2,1-2H3;3-10H,1-2H3;1H. The second-order valence-electron chi connectivity index (χ2n) is 10.7. The first kappa shape index (κ1) is 27.0. The molecule has 1 saturated carbocycles. The van der Waals surface area contributed by atoms with Crippen LogP contribution in [0.1, 0.15) is 84.5 Å². The average Bonchev–Trinajstić information content (AvgIpc) is 2.94. The third-order valence-corrected chi connectivity index (χ3v) is 7.25. The minimum atomic E-state index is 0. The van der Waals surface area contributed by atoms with Crippen molar-refractivity contribution < 1.29 is 1.43 Å². The maximum Gasteiger partial charge on any atom is 0.0249 e. The van der Waals surface area contributed by atoms with Gasteiger partial charge in [0, 0.05) is 23.7 Å². The van der Waals surface area contributed by atoms with Crippen LogP contribution < -0.4 is 0 Å². The van der Waals surface area contributed by atoms with Gasteiger partial charge in [-0.05, 0) is 99.5 Å². The summed E-state index contributed by atoms with van der Waals surface area (Å²) in [5.74, 6) is 14.5. The molecule has 0 spiro atoms. The Hall–Kier alpha value is -4.00. The molecule has 38 heavy (non-hydrogen) atoms. The number of hydrogen-bond donors (Lipinski definition) is 0. The van der Waals surface area contributed by atoms with Crippen LogP contribution >= 0.6 is 0 Å². The molecule has 0 bridgehead atoms. The molecule has 1 aliphatic rings. The van der Waals surface area contributed by atoms with Gasteiger partial charge in [0.25, 0.3) is 0 Å². The molecule has 0 amide bonds. The average molecular weight is 497 g/mol. The number of benzene rings is 4. The van der Waals surface area contributed by atoms with Crippen LogP contribution in [0.15, 0.2) is 97.1 Å². The van der Waals surface area contributed by atoms with E-state index in [2.05, 4.69) is 148 Å². The van der Waals surface area contributed by atoms with Gasteiger partial charge in [-0.3, -0.25) is 0 Å². The molecule has 1 fully saturated rings. The fourth-order valence-corrected chi connectivity index (χ4v) is 4.63. The summed E-state index contributed by atoms with van der Waals surface area (Å²) >= 11 is 0. The molecule has 4 aromatic rings. The Labute approximate surface area is 231 Å². The van der Waals surface area contributed by atoms with Gasteiger partial charge in [-0.25, -0.2) is 0 Å². The van der Waals surface area contributed by atoms with Crippen molar-refractivity contribution in [2.45, 2.75) is 59.3 Å². The highest BCUT2D eigenvalue weighted by Gasteiger charge is 2.19. The minimum Gasteiger partial charge on any atom is -0.0625 e. The molecule has 1 aliphatic carbocycles. The molecule has 0 radical (unpaired) electrons. The van der Waals surface area contributed by atoms with E-state index in [1.807, 2.05) is 0 Å². The lowest BCUT2D eigenvalue weighted by Gasteiger charge is -2.26. The molecule has 0 heteroatoms. The highest BCUT2D eigenvalue weighted by atomic mass is 14.2. The summed E-state index contributed by atoms with van der Waals surface area (Å²) in [4.78, 5) is 0. The van der Waals surface area contributed by atoms with Gasteiger partial charge in [0.15, 0.2) is 0 Å². The highest BCUT2D eigenvalue weighted by Crippen LogP contribution is 2.35. The molecule has 5 rings (SSSR count).